The quantitative estimate of drug-likeness (QED) is 0.775. The van der Waals surface area contributed by atoms with Crippen LogP contribution in [0.5, 0.6) is 0 Å². The summed E-state index contributed by atoms with van der Waals surface area (Å²) in [5.74, 6) is -0.271. The number of hydrogen-bond donors (Lipinski definition) is 1. The molecule has 2 aromatic rings. The molecule has 5 heteroatoms. The number of nitrogens with two attached hydrogens (primary N) is 1. The van der Waals surface area contributed by atoms with E-state index in [-0.39, 0.29) is 11.9 Å². The van der Waals surface area contributed by atoms with Gasteiger partial charge in [0.05, 0.1) is 13.2 Å². The Morgan fingerprint density at radius 3 is 1.92 bits per heavy atom. The molecule has 26 heavy (non-hydrogen) atoms. The lowest BCUT2D eigenvalue weighted by Gasteiger charge is -2.16. The number of benzene rings is 2. The van der Waals surface area contributed by atoms with E-state index in [1.807, 2.05) is 48.5 Å². The Morgan fingerprint density at radius 1 is 0.962 bits per heavy atom. The van der Waals surface area contributed by atoms with E-state index in [4.69, 9.17) is 5.73 Å². The maximum Gasteiger partial charge on any atom is 0.305 e. The van der Waals surface area contributed by atoms with Crippen molar-refractivity contribution in [2.24, 2.45) is 5.73 Å². The number of hydrogen-bond acceptors (Lipinski definition) is 4. The molecule has 1 amide bonds. The highest BCUT2D eigenvalue weighted by Crippen LogP contribution is 2.21. The Bertz CT molecular complexity index is 737. The summed E-state index contributed by atoms with van der Waals surface area (Å²) < 4.78 is 4.66. The molecule has 2 rings (SSSR count). The van der Waals surface area contributed by atoms with Crippen LogP contribution in [0.4, 0.5) is 0 Å². The minimum absolute atomic E-state index is 0.0726. The second-order valence-corrected chi connectivity index (χ2v) is 6.51. The second kappa shape index (κ2) is 9.15. The molecule has 0 fully saturated rings. The smallest absolute Gasteiger partial charge is 0.305 e. The average Bonchev–Trinajstić information content (AvgIpc) is 2.66. The van der Waals surface area contributed by atoms with Gasteiger partial charge in [-0.05, 0) is 35.1 Å². The Morgan fingerprint density at radius 2 is 1.46 bits per heavy atom. The van der Waals surface area contributed by atoms with Crippen molar-refractivity contribution < 1.29 is 14.3 Å². The van der Waals surface area contributed by atoms with E-state index in [9.17, 15) is 9.59 Å². The molecule has 5 nitrogen and oxygen atoms in total. The minimum Gasteiger partial charge on any atom is -0.469 e. The number of likely N-dealkylation sites (N-methyl/N-ethyl adjacent to an activating group) is 1. The highest BCUT2D eigenvalue weighted by atomic mass is 16.5. The van der Waals surface area contributed by atoms with E-state index < -0.39 is 6.04 Å². The summed E-state index contributed by atoms with van der Waals surface area (Å²) in [6.07, 6.45) is 1.57. The van der Waals surface area contributed by atoms with Crippen LogP contribution < -0.4 is 5.73 Å². The zero-order valence-electron chi connectivity index (χ0n) is 15.6. The van der Waals surface area contributed by atoms with E-state index in [2.05, 4.69) is 4.74 Å². The average molecular weight is 354 g/mol. The highest BCUT2D eigenvalue weighted by molar-refractivity contribution is 5.81. The largest absolute Gasteiger partial charge is 0.469 e. The molecular weight excluding hydrogens is 328 g/mol. The van der Waals surface area contributed by atoms with Gasteiger partial charge in [-0.1, -0.05) is 48.5 Å². The molecule has 2 N–H and O–H groups in total. The van der Waals surface area contributed by atoms with Gasteiger partial charge in [-0.3, -0.25) is 9.59 Å². The van der Waals surface area contributed by atoms with Gasteiger partial charge in [-0.15, -0.1) is 0 Å². The fourth-order valence-electron chi connectivity index (χ4n) is 2.72. The number of carbonyl (C=O) groups excluding carboxylic acids is 2. The van der Waals surface area contributed by atoms with Gasteiger partial charge < -0.3 is 15.4 Å². The molecule has 0 aromatic heterocycles. The zero-order valence-corrected chi connectivity index (χ0v) is 15.6. The second-order valence-electron chi connectivity index (χ2n) is 6.51. The molecule has 0 radical (unpaired) electrons. The standard InChI is InChI=1S/C21H26N2O3/c1-23(2)21(25)19(22)14-16-6-11-18(12-7-16)17-9-4-15(5-10-17)8-13-20(24)26-3/h4-7,9-12,19H,8,13-14,22H2,1-3H3/t19-/m0/s1. The molecule has 0 aliphatic heterocycles. The number of rotatable bonds is 7. The van der Waals surface area contributed by atoms with Gasteiger partial charge in [0, 0.05) is 20.5 Å². The summed E-state index contributed by atoms with van der Waals surface area (Å²) in [7, 11) is 4.82. The van der Waals surface area contributed by atoms with Crippen molar-refractivity contribution in [2.75, 3.05) is 21.2 Å². The van der Waals surface area contributed by atoms with Gasteiger partial charge in [0.1, 0.15) is 0 Å². The van der Waals surface area contributed by atoms with E-state index in [1.165, 1.54) is 12.0 Å². The minimum atomic E-state index is -0.523. The number of esters is 1. The molecule has 0 saturated heterocycles. The van der Waals surface area contributed by atoms with Crippen molar-refractivity contribution in [3.63, 3.8) is 0 Å². The Labute approximate surface area is 154 Å². The molecule has 0 unspecified atom stereocenters. The summed E-state index contributed by atoms with van der Waals surface area (Å²) >= 11 is 0. The summed E-state index contributed by atoms with van der Waals surface area (Å²) in [5, 5.41) is 0. The van der Waals surface area contributed by atoms with Crippen molar-refractivity contribution >= 4 is 11.9 Å². The molecule has 1 atom stereocenters. The van der Waals surface area contributed by atoms with Crippen LogP contribution in [0.1, 0.15) is 17.5 Å². The van der Waals surface area contributed by atoms with Crippen LogP contribution in [0.2, 0.25) is 0 Å². The third-order valence-electron chi connectivity index (χ3n) is 4.30. The third kappa shape index (κ3) is 5.43. The third-order valence-corrected chi connectivity index (χ3v) is 4.30. The lowest BCUT2D eigenvalue weighted by Crippen LogP contribution is -2.41. The first-order chi connectivity index (χ1) is 12.4. The van der Waals surface area contributed by atoms with Crippen LogP contribution in [0.15, 0.2) is 48.5 Å². The SMILES string of the molecule is COC(=O)CCc1ccc(-c2ccc(C[C@H](N)C(=O)N(C)C)cc2)cc1. The van der Waals surface area contributed by atoms with E-state index >= 15 is 0 Å². The predicted octanol–water partition coefficient (Wildman–Crippen LogP) is 2.42. The van der Waals surface area contributed by atoms with Crippen molar-refractivity contribution in [1.29, 1.82) is 0 Å². The maximum atomic E-state index is 11.9. The van der Waals surface area contributed by atoms with Gasteiger partial charge in [-0.2, -0.15) is 0 Å². The zero-order chi connectivity index (χ0) is 19.1. The number of amides is 1. The van der Waals surface area contributed by atoms with Crippen LogP contribution in [-0.4, -0.2) is 44.0 Å². The van der Waals surface area contributed by atoms with Crippen LogP contribution in [-0.2, 0) is 27.2 Å². The van der Waals surface area contributed by atoms with Gasteiger partial charge in [0.15, 0.2) is 0 Å². The molecule has 0 aliphatic rings. The Hall–Kier alpha value is -2.66. The van der Waals surface area contributed by atoms with E-state index in [0.717, 1.165) is 22.3 Å². The van der Waals surface area contributed by atoms with Crippen molar-refractivity contribution in [3.05, 3.63) is 59.7 Å². The number of methoxy groups -OCH3 is 1. The van der Waals surface area contributed by atoms with Crippen LogP contribution in [0, 0.1) is 0 Å². The van der Waals surface area contributed by atoms with E-state index in [0.29, 0.717) is 19.3 Å². The first kappa shape index (κ1) is 19.7. The monoisotopic (exact) mass is 354 g/mol. The fourth-order valence-corrected chi connectivity index (χ4v) is 2.72. The number of carbonyl (C=O) groups is 2. The van der Waals surface area contributed by atoms with E-state index in [1.54, 1.807) is 14.1 Å². The Kier molecular flexibility index (Phi) is 6.92. The molecule has 0 bridgehead atoms. The molecule has 0 spiro atoms. The number of aryl methyl sites for hydroxylation is 1. The number of nitrogens with zero attached hydrogens (tertiary/aromatic N) is 1. The van der Waals surface area contributed by atoms with Crippen LogP contribution in [0.3, 0.4) is 0 Å². The first-order valence-corrected chi connectivity index (χ1v) is 8.62. The summed E-state index contributed by atoms with van der Waals surface area (Å²) in [4.78, 5) is 24.6. The van der Waals surface area contributed by atoms with Gasteiger partial charge in [-0.25, -0.2) is 0 Å². The fraction of sp³-hybridized carbons (Fsp3) is 0.333. The topological polar surface area (TPSA) is 72.6 Å². The lowest BCUT2D eigenvalue weighted by molar-refractivity contribution is -0.140. The van der Waals surface area contributed by atoms with Crippen molar-refractivity contribution in [2.45, 2.75) is 25.3 Å². The summed E-state index contributed by atoms with van der Waals surface area (Å²) in [5.41, 5.74) is 10.3. The molecule has 138 valence electrons. The summed E-state index contributed by atoms with van der Waals surface area (Å²) in [6, 6.07) is 15.7. The first-order valence-electron chi connectivity index (χ1n) is 8.62. The lowest BCUT2D eigenvalue weighted by atomic mass is 9.99. The molecule has 0 heterocycles. The van der Waals surface area contributed by atoms with Crippen LogP contribution in [0.25, 0.3) is 11.1 Å². The highest BCUT2D eigenvalue weighted by Gasteiger charge is 2.15. The van der Waals surface area contributed by atoms with Gasteiger partial charge in [0.25, 0.3) is 0 Å². The normalized spacial score (nSPS) is 11.7. The number of ether oxygens (including phenoxy) is 1. The van der Waals surface area contributed by atoms with Crippen molar-refractivity contribution in [1.82, 2.24) is 4.90 Å². The predicted molar refractivity (Wildman–Crippen MR) is 103 cm³/mol. The molecule has 2 aromatic carbocycles. The van der Waals surface area contributed by atoms with Crippen molar-refractivity contribution in [3.8, 4) is 11.1 Å². The molecule has 0 aliphatic carbocycles. The van der Waals surface area contributed by atoms with Gasteiger partial charge in [0.2, 0.25) is 5.91 Å². The Balaban J connectivity index is 1.99. The van der Waals surface area contributed by atoms with Crippen LogP contribution >= 0.6 is 0 Å². The molecular formula is C21H26N2O3. The molecule has 0 saturated carbocycles. The maximum absolute atomic E-state index is 11.9. The van der Waals surface area contributed by atoms with Gasteiger partial charge >= 0.3 is 5.97 Å². The summed E-state index contributed by atoms with van der Waals surface area (Å²) in [6.45, 7) is 0.